The molecule has 0 amide bonds. The van der Waals surface area contributed by atoms with Crippen LogP contribution in [0, 0.1) is 0 Å². The molecule has 1 aliphatic rings. The first-order chi connectivity index (χ1) is 10.6. The standard InChI is InChI=1S/C17H16O4S/c1-20-12-3-4-15-11(6-12)7-14-10(8-17(18)19)5-13(21-2)9-16(14)22-15/h3-6,9H,7-8H2,1-2H3,(H,18,19). The molecule has 22 heavy (non-hydrogen) atoms. The number of hydrogen-bond acceptors (Lipinski definition) is 4. The molecule has 0 aromatic heterocycles. The van der Waals surface area contributed by atoms with Gasteiger partial charge in [-0.05, 0) is 47.0 Å². The third-order valence-corrected chi connectivity index (χ3v) is 4.91. The van der Waals surface area contributed by atoms with Crippen LogP contribution in [0.2, 0.25) is 0 Å². The van der Waals surface area contributed by atoms with Crippen molar-refractivity contribution in [2.45, 2.75) is 22.6 Å². The summed E-state index contributed by atoms with van der Waals surface area (Å²) in [5.41, 5.74) is 3.03. The molecule has 5 heteroatoms. The van der Waals surface area contributed by atoms with Gasteiger partial charge in [-0.2, -0.15) is 0 Å². The van der Waals surface area contributed by atoms with E-state index in [9.17, 15) is 4.79 Å². The van der Waals surface area contributed by atoms with Gasteiger partial charge in [0, 0.05) is 16.2 Å². The van der Waals surface area contributed by atoms with Crippen LogP contribution in [0.1, 0.15) is 16.7 Å². The molecule has 0 saturated heterocycles. The SMILES string of the molecule is COc1ccc2c(c1)Cc1c(CC(=O)O)cc(OC)cc1S2. The van der Waals surface area contributed by atoms with E-state index in [2.05, 4.69) is 0 Å². The Hall–Kier alpha value is -2.14. The van der Waals surface area contributed by atoms with Gasteiger partial charge in [0.05, 0.1) is 20.6 Å². The molecular formula is C17H16O4S. The van der Waals surface area contributed by atoms with Crippen molar-refractivity contribution in [3.05, 3.63) is 47.0 Å². The van der Waals surface area contributed by atoms with Crippen LogP contribution in [0.15, 0.2) is 40.1 Å². The van der Waals surface area contributed by atoms with Gasteiger partial charge in [-0.1, -0.05) is 11.8 Å². The first kappa shape index (κ1) is 14.8. The fourth-order valence-electron chi connectivity index (χ4n) is 2.63. The predicted octanol–water partition coefficient (Wildman–Crippen LogP) is 3.39. The average molecular weight is 316 g/mol. The molecular weight excluding hydrogens is 300 g/mol. The quantitative estimate of drug-likeness (QED) is 0.799. The molecule has 0 atom stereocenters. The summed E-state index contributed by atoms with van der Waals surface area (Å²) >= 11 is 1.64. The van der Waals surface area contributed by atoms with E-state index in [0.29, 0.717) is 12.2 Å². The van der Waals surface area contributed by atoms with Crippen molar-refractivity contribution in [2.24, 2.45) is 0 Å². The van der Waals surface area contributed by atoms with Crippen molar-refractivity contribution in [2.75, 3.05) is 14.2 Å². The van der Waals surface area contributed by atoms with Crippen molar-refractivity contribution in [1.29, 1.82) is 0 Å². The van der Waals surface area contributed by atoms with Gasteiger partial charge >= 0.3 is 5.97 Å². The lowest BCUT2D eigenvalue weighted by atomic mass is 9.96. The molecule has 4 nitrogen and oxygen atoms in total. The number of ether oxygens (including phenoxy) is 2. The molecule has 0 radical (unpaired) electrons. The fourth-order valence-corrected chi connectivity index (χ4v) is 3.77. The highest BCUT2D eigenvalue weighted by Gasteiger charge is 2.21. The lowest BCUT2D eigenvalue weighted by Gasteiger charge is -2.22. The largest absolute Gasteiger partial charge is 0.497 e. The molecule has 0 unspecified atom stereocenters. The van der Waals surface area contributed by atoms with Crippen LogP contribution < -0.4 is 9.47 Å². The number of rotatable bonds is 4. The smallest absolute Gasteiger partial charge is 0.307 e. The van der Waals surface area contributed by atoms with E-state index in [1.54, 1.807) is 26.0 Å². The molecule has 2 aromatic rings. The summed E-state index contributed by atoms with van der Waals surface area (Å²) in [5, 5.41) is 9.14. The van der Waals surface area contributed by atoms with Gasteiger partial charge in [-0.25, -0.2) is 0 Å². The van der Waals surface area contributed by atoms with Crippen LogP contribution >= 0.6 is 11.8 Å². The summed E-state index contributed by atoms with van der Waals surface area (Å²) < 4.78 is 10.6. The first-order valence-electron chi connectivity index (χ1n) is 6.87. The number of carbonyl (C=O) groups is 1. The summed E-state index contributed by atoms with van der Waals surface area (Å²) in [5.74, 6) is 0.674. The molecule has 3 rings (SSSR count). The highest BCUT2D eigenvalue weighted by Crippen LogP contribution is 2.43. The summed E-state index contributed by atoms with van der Waals surface area (Å²) in [6, 6.07) is 9.78. The Morgan fingerprint density at radius 2 is 1.91 bits per heavy atom. The number of methoxy groups -OCH3 is 2. The van der Waals surface area contributed by atoms with Gasteiger partial charge in [0.1, 0.15) is 11.5 Å². The second-order valence-corrected chi connectivity index (χ2v) is 6.17. The highest BCUT2D eigenvalue weighted by molar-refractivity contribution is 7.99. The summed E-state index contributed by atoms with van der Waals surface area (Å²) in [6.07, 6.45) is 0.709. The topological polar surface area (TPSA) is 55.8 Å². The zero-order valence-electron chi connectivity index (χ0n) is 12.4. The van der Waals surface area contributed by atoms with Crippen LogP contribution in [0.4, 0.5) is 0 Å². The Bertz CT molecular complexity index is 740. The molecule has 1 aliphatic heterocycles. The van der Waals surface area contributed by atoms with Gasteiger partial charge in [0.15, 0.2) is 0 Å². The van der Waals surface area contributed by atoms with Crippen LogP contribution in [0.25, 0.3) is 0 Å². The molecule has 0 aliphatic carbocycles. The van der Waals surface area contributed by atoms with Crippen molar-refractivity contribution in [3.63, 3.8) is 0 Å². The zero-order chi connectivity index (χ0) is 15.7. The lowest BCUT2D eigenvalue weighted by molar-refractivity contribution is -0.136. The number of carboxylic acid groups (broad SMARTS) is 1. The molecule has 114 valence electrons. The van der Waals surface area contributed by atoms with E-state index in [1.807, 2.05) is 30.3 Å². The van der Waals surface area contributed by atoms with Crippen LogP contribution in [0.5, 0.6) is 11.5 Å². The summed E-state index contributed by atoms with van der Waals surface area (Å²) in [7, 11) is 3.24. The van der Waals surface area contributed by atoms with Crippen molar-refractivity contribution < 1.29 is 19.4 Å². The monoisotopic (exact) mass is 316 g/mol. The Balaban J connectivity index is 2.06. The van der Waals surface area contributed by atoms with Crippen LogP contribution in [0.3, 0.4) is 0 Å². The number of aliphatic carboxylic acids is 1. The molecule has 0 bridgehead atoms. The molecule has 1 N–H and O–H groups in total. The van der Waals surface area contributed by atoms with E-state index in [-0.39, 0.29) is 6.42 Å². The molecule has 1 heterocycles. The lowest BCUT2D eigenvalue weighted by Crippen LogP contribution is -2.09. The second kappa shape index (κ2) is 5.93. The van der Waals surface area contributed by atoms with E-state index in [1.165, 1.54) is 4.90 Å². The summed E-state index contributed by atoms with van der Waals surface area (Å²) in [6.45, 7) is 0. The van der Waals surface area contributed by atoms with Gasteiger partial charge in [0.2, 0.25) is 0 Å². The van der Waals surface area contributed by atoms with Crippen LogP contribution in [-0.4, -0.2) is 25.3 Å². The first-order valence-corrected chi connectivity index (χ1v) is 7.68. The van der Waals surface area contributed by atoms with Crippen molar-refractivity contribution in [1.82, 2.24) is 0 Å². The molecule has 2 aromatic carbocycles. The minimum atomic E-state index is -0.836. The minimum Gasteiger partial charge on any atom is -0.497 e. The number of hydrogen-bond donors (Lipinski definition) is 1. The van der Waals surface area contributed by atoms with Crippen molar-refractivity contribution in [3.8, 4) is 11.5 Å². The van der Waals surface area contributed by atoms with Crippen molar-refractivity contribution >= 4 is 17.7 Å². The maximum atomic E-state index is 11.1. The Morgan fingerprint density at radius 1 is 1.14 bits per heavy atom. The van der Waals surface area contributed by atoms with E-state index in [0.717, 1.165) is 27.3 Å². The van der Waals surface area contributed by atoms with Gasteiger partial charge < -0.3 is 14.6 Å². The van der Waals surface area contributed by atoms with Gasteiger partial charge in [-0.3, -0.25) is 4.79 Å². The Kier molecular flexibility index (Phi) is 3.98. The third-order valence-electron chi connectivity index (χ3n) is 3.71. The number of fused-ring (bicyclic) bond motifs is 2. The maximum Gasteiger partial charge on any atom is 0.307 e. The van der Waals surface area contributed by atoms with E-state index >= 15 is 0 Å². The van der Waals surface area contributed by atoms with E-state index < -0.39 is 5.97 Å². The molecule has 0 spiro atoms. The molecule has 0 saturated carbocycles. The normalized spacial score (nSPS) is 12.3. The average Bonchev–Trinajstić information content (AvgIpc) is 2.51. The second-order valence-electron chi connectivity index (χ2n) is 5.09. The Morgan fingerprint density at radius 3 is 2.59 bits per heavy atom. The predicted molar refractivity (Wildman–Crippen MR) is 84.3 cm³/mol. The minimum absolute atomic E-state index is 0.000600. The fraction of sp³-hybridized carbons (Fsp3) is 0.235. The van der Waals surface area contributed by atoms with Crippen LogP contribution in [-0.2, 0) is 17.6 Å². The number of carboxylic acids is 1. The highest BCUT2D eigenvalue weighted by atomic mass is 32.2. The zero-order valence-corrected chi connectivity index (χ0v) is 13.2. The van der Waals surface area contributed by atoms with E-state index in [4.69, 9.17) is 14.6 Å². The maximum absolute atomic E-state index is 11.1. The van der Waals surface area contributed by atoms with Gasteiger partial charge in [0.25, 0.3) is 0 Å². The Labute approximate surface area is 133 Å². The third kappa shape index (κ3) is 2.76. The van der Waals surface area contributed by atoms with Gasteiger partial charge in [-0.15, -0.1) is 0 Å². The molecule has 0 fully saturated rings. The summed E-state index contributed by atoms with van der Waals surface area (Å²) in [4.78, 5) is 13.4. The number of benzene rings is 2.